The average Bonchev–Trinajstić information content (AvgIpc) is 3.74. The Morgan fingerprint density at radius 1 is 1.27 bits per heavy atom. The molecule has 0 bridgehead atoms. The maximum atomic E-state index is 13.4. The van der Waals surface area contributed by atoms with Crippen LogP contribution >= 0.6 is 23.3 Å². The van der Waals surface area contributed by atoms with Gasteiger partial charge >= 0.3 is 11.9 Å². The van der Waals surface area contributed by atoms with E-state index in [9.17, 15) is 29.2 Å². The minimum Gasteiger partial charge on any atom is -0.427 e. The van der Waals surface area contributed by atoms with Crippen molar-refractivity contribution >= 4 is 63.8 Å². The maximum Gasteiger partial charge on any atom is 0.358 e. The lowest BCUT2D eigenvalue weighted by Gasteiger charge is -2.49. The molecular formula is C26H32N8O8S2. The first-order chi connectivity index (χ1) is 20.9. The molecule has 3 fully saturated rings. The fourth-order valence-corrected chi connectivity index (χ4v) is 6.87. The number of rotatable bonds is 8. The Labute approximate surface area is 260 Å². The molecule has 0 aromatic carbocycles. The number of anilines is 1. The van der Waals surface area contributed by atoms with Crippen molar-refractivity contribution in [2.24, 2.45) is 10.6 Å². The van der Waals surface area contributed by atoms with Gasteiger partial charge in [-0.15, -0.1) is 11.8 Å². The van der Waals surface area contributed by atoms with Crippen LogP contribution in [0.4, 0.5) is 5.13 Å². The molecule has 0 radical (unpaired) electrons. The standard InChI is InChI=1S/C26H32N8O8S2/c1-26(2,3)24(39)42-11-41-23(38)17-13(8-12-5-7-33(20(12)36)14-4-6-28-9-14)10-43-22-16(21(37)34(17)22)29-19(35)15(31-40)18-30-25(27)44-32-18/h8,14,16,22,28,40H,4-7,9-11H2,1-3H3,(H,29,35)(H2,27,30,32)/b12-8+,31-15-. The molecule has 3 unspecified atom stereocenters. The van der Waals surface area contributed by atoms with Gasteiger partial charge in [0.05, 0.1) is 5.41 Å². The van der Waals surface area contributed by atoms with Gasteiger partial charge in [0, 0.05) is 42.0 Å². The third kappa shape index (κ3) is 6.14. The van der Waals surface area contributed by atoms with Crippen molar-refractivity contribution in [2.75, 3.05) is 37.9 Å². The normalized spacial score (nSPS) is 24.8. The van der Waals surface area contributed by atoms with Crippen LogP contribution in [0.25, 0.3) is 0 Å². The van der Waals surface area contributed by atoms with E-state index >= 15 is 0 Å². The molecule has 0 aliphatic carbocycles. The molecule has 4 aliphatic rings. The number of hydrogen-bond donors (Lipinski definition) is 4. The van der Waals surface area contributed by atoms with Gasteiger partial charge in [-0.2, -0.15) is 9.36 Å². The second kappa shape index (κ2) is 12.5. The molecule has 236 valence electrons. The Bertz CT molecular complexity index is 1480. The number of carbonyl (C=O) groups is 5. The highest BCUT2D eigenvalue weighted by Crippen LogP contribution is 2.42. The summed E-state index contributed by atoms with van der Waals surface area (Å²) in [4.78, 5) is 71.9. The summed E-state index contributed by atoms with van der Waals surface area (Å²) in [5.41, 5.74) is 4.99. The zero-order valence-electron chi connectivity index (χ0n) is 24.2. The SMILES string of the molecule is CC(C)(C)C(=O)OCOC(=O)C1=C(/C=C2\CCN(C3CCNC3)C2=O)CSC2C(NC(=O)/C(=N\O)c3nsc(N)n3)C(=O)N12. The number of nitrogens with two attached hydrogens (primary N) is 1. The number of ether oxygens (including phenoxy) is 2. The first kappa shape index (κ1) is 31.4. The number of amides is 3. The average molecular weight is 649 g/mol. The number of hydrogen-bond acceptors (Lipinski definition) is 15. The van der Waals surface area contributed by atoms with E-state index in [-0.39, 0.29) is 34.4 Å². The molecule has 5 rings (SSSR count). The molecule has 0 saturated carbocycles. The van der Waals surface area contributed by atoms with Crippen molar-refractivity contribution in [3.63, 3.8) is 0 Å². The monoisotopic (exact) mass is 648 g/mol. The van der Waals surface area contributed by atoms with Gasteiger partial charge in [0.25, 0.3) is 11.8 Å². The quantitative estimate of drug-likeness (QED) is 0.0535. The van der Waals surface area contributed by atoms with E-state index in [0.717, 1.165) is 24.5 Å². The molecule has 5 N–H and O–H groups in total. The van der Waals surface area contributed by atoms with E-state index in [1.165, 1.54) is 16.7 Å². The first-order valence-electron chi connectivity index (χ1n) is 13.8. The second-order valence-electron chi connectivity index (χ2n) is 11.4. The number of nitrogen functional groups attached to an aromatic ring is 1. The number of carbonyl (C=O) groups excluding carboxylic acids is 5. The lowest BCUT2D eigenvalue weighted by molar-refractivity contribution is -0.173. The highest BCUT2D eigenvalue weighted by molar-refractivity contribution is 8.00. The van der Waals surface area contributed by atoms with E-state index in [0.29, 0.717) is 30.7 Å². The predicted molar refractivity (Wildman–Crippen MR) is 157 cm³/mol. The van der Waals surface area contributed by atoms with Crippen molar-refractivity contribution in [2.45, 2.75) is 51.1 Å². The molecule has 18 heteroatoms. The summed E-state index contributed by atoms with van der Waals surface area (Å²) < 4.78 is 14.2. The van der Waals surface area contributed by atoms with Gasteiger partial charge in [-0.1, -0.05) is 5.16 Å². The highest BCUT2D eigenvalue weighted by atomic mass is 32.2. The fraction of sp³-hybridized carbons (Fsp3) is 0.538. The van der Waals surface area contributed by atoms with Gasteiger partial charge in [-0.25, -0.2) is 4.79 Å². The van der Waals surface area contributed by atoms with Crippen molar-refractivity contribution in [3.05, 3.63) is 28.7 Å². The number of allylic oxidation sites excluding steroid dienone is 1. The number of nitrogens with zero attached hydrogens (tertiary/aromatic N) is 5. The summed E-state index contributed by atoms with van der Waals surface area (Å²) in [5, 5.41) is 17.4. The zero-order valence-corrected chi connectivity index (χ0v) is 25.8. The Balaban J connectivity index is 1.37. The van der Waals surface area contributed by atoms with Gasteiger partial charge in [0.15, 0.2) is 5.13 Å². The molecule has 3 saturated heterocycles. The van der Waals surface area contributed by atoms with Crippen LogP contribution in [0.15, 0.2) is 28.1 Å². The maximum absolute atomic E-state index is 13.4. The third-order valence-electron chi connectivity index (χ3n) is 7.42. The Morgan fingerprint density at radius 2 is 2.05 bits per heavy atom. The van der Waals surface area contributed by atoms with Gasteiger partial charge in [-0.05, 0) is 51.8 Å². The van der Waals surface area contributed by atoms with Crippen LogP contribution in [0, 0.1) is 5.41 Å². The fourth-order valence-electron chi connectivity index (χ4n) is 5.13. The van der Waals surface area contributed by atoms with Gasteiger partial charge < -0.3 is 35.9 Å². The number of β-lactam (4-membered cyclic amide) rings is 1. The molecule has 4 aliphatic heterocycles. The summed E-state index contributed by atoms with van der Waals surface area (Å²) in [6, 6.07) is -0.992. The first-order valence-corrected chi connectivity index (χ1v) is 15.6. The predicted octanol–water partition coefficient (Wildman–Crippen LogP) is -0.437. The molecule has 5 heterocycles. The van der Waals surface area contributed by atoms with Crippen molar-refractivity contribution in [3.8, 4) is 0 Å². The van der Waals surface area contributed by atoms with Crippen LogP contribution in [-0.4, -0.2) is 109 Å². The minimum atomic E-state index is -1.09. The molecule has 3 atom stereocenters. The molecular weight excluding hydrogens is 616 g/mol. The molecule has 3 amide bonds. The molecule has 16 nitrogen and oxygen atoms in total. The van der Waals surface area contributed by atoms with Crippen LogP contribution in [0.1, 0.15) is 39.4 Å². The molecule has 1 aromatic rings. The number of nitrogens with one attached hydrogen (secondary N) is 2. The number of likely N-dealkylation sites (tertiary alicyclic amines) is 1. The number of thioether (sulfide) groups is 1. The number of aromatic nitrogens is 2. The van der Waals surface area contributed by atoms with Gasteiger partial charge in [0.2, 0.25) is 24.2 Å². The Kier molecular flexibility index (Phi) is 8.94. The molecule has 44 heavy (non-hydrogen) atoms. The minimum absolute atomic E-state index is 0.0505. The van der Waals surface area contributed by atoms with Crippen LogP contribution in [0.3, 0.4) is 0 Å². The summed E-state index contributed by atoms with van der Waals surface area (Å²) in [7, 11) is 0. The summed E-state index contributed by atoms with van der Waals surface area (Å²) in [6.07, 6.45) is 2.96. The van der Waals surface area contributed by atoms with E-state index in [2.05, 4.69) is 25.1 Å². The van der Waals surface area contributed by atoms with Gasteiger partial charge in [-0.3, -0.25) is 24.1 Å². The molecule has 1 aromatic heterocycles. The van der Waals surface area contributed by atoms with Crippen LogP contribution in [0.5, 0.6) is 0 Å². The lowest BCUT2D eigenvalue weighted by atomic mass is 9.98. The summed E-state index contributed by atoms with van der Waals surface area (Å²) in [5.74, 6) is -3.20. The summed E-state index contributed by atoms with van der Waals surface area (Å²) in [6.45, 7) is 6.37. The van der Waals surface area contributed by atoms with E-state index in [4.69, 9.17) is 15.2 Å². The summed E-state index contributed by atoms with van der Waals surface area (Å²) >= 11 is 2.06. The lowest BCUT2D eigenvalue weighted by Crippen LogP contribution is -2.71. The number of esters is 2. The van der Waals surface area contributed by atoms with Crippen LogP contribution < -0.4 is 16.4 Å². The topological polar surface area (TPSA) is 219 Å². The Morgan fingerprint density at radius 3 is 2.68 bits per heavy atom. The van der Waals surface area contributed by atoms with E-state index < -0.39 is 53.1 Å². The van der Waals surface area contributed by atoms with Crippen LogP contribution in [0.2, 0.25) is 0 Å². The highest BCUT2D eigenvalue weighted by Gasteiger charge is 2.55. The van der Waals surface area contributed by atoms with E-state index in [1.807, 2.05) is 4.90 Å². The smallest absolute Gasteiger partial charge is 0.358 e. The number of oxime groups is 1. The van der Waals surface area contributed by atoms with Gasteiger partial charge in [0.1, 0.15) is 17.1 Å². The largest absolute Gasteiger partial charge is 0.427 e. The van der Waals surface area contributed by atoms with Crippen molar-refractivity contribution in [1.29, 1.82) is 0 Å². The zero-order chi connectivity index (χ0) is 31.8. The molecule has 0 spiro atoms. The van der Waals surface area contributed by atoms with Crippen molar-refractivity contribution in [1.82, 2.24) is 29.8 Å². The Hall–Kier alpha value is -4.03. The van der Waals surface area contributed by atoms with Crippen molar-refractivity contribution < 1.29 is 38.7 Å². The second-order valence-corrected chi connectivity index (χ2v) is 13.3. The number of fused-ring (bicyclic) bond motifs is 1. The van der Waals surface area contributed by atoms with E-state index in [1.54, 1.807) is 26.8 Å². The van der Waals surface area contributed by atoms with Crippen LogP contribution in [-0.2, 0) is 33.4 Å². The third-order valence-corrected chi connectivity index (χ3v) is 9.26.